The van der Waals surface area contributed by atoms with Gasteiger partial charge in [-0.2, -0.15) is 0 Å². The van der Waals surface area contributed by atoms with Gasteiger partial charge in [0.1, 0.15) is 5.56 Å². The van der Waals surface area contributed by atoms with Gasteiger partial charge in [0.2, 0.25) is 5.88 Å². The largest absolute Gasteiger partial charge is 0.477 e. The Morgan fingerprint density at radius 3 is 2.90 bits per heavy atom. The highest BCUT2D eigenvalue weighted by atomic mass is 16.5. The standard InChI is InChI=1S/C16H22N2O3/c19-14-6-2-1-5-13(14)18-15(20)12-4-3-9-17-16(12)21-10-11-7-8-11/h3-4,9,11,13-14,19H,1-2,5-8,10H2,(H,18,20)/t13-,14-/m1/s1. The molecule has 5 nitrogen and oxygen atoms in total. The van der Waals surface area contributed by atoms with Gasteiger partial charge in [-0.25, -0.2) is 4.98 Å². The molecule has 2 aliphatic carbocycles. The van der Waals surface area contributed by atoms with E-state index in [0.29, 0.717) is 24.0 Å². The van der Waals surface area contributed by atoms with E-state index in [0.717, 1.165) is 25.7 Å². The summed E-state index contributed by atoms with van der Waals surface area (Å²) in [5.74, 6) is 0.801. The predicted molar refractivity (Wildman–Crippen MR) is 78.2 cm³/mol. The lowest BCUT2D eigenvalue weighted by Crippen LogP contribution is -2.45. The molecule has 0 aliphatic heterocycles. The second kappa shape index (κ2) is 6.43. The number of carbonyl (C=O) groups is 1. The van der Waals surface area contributed by atoms with Gasteiger partial charge >= 0.3 is 0 Å². The van der Waals surface area contributed by atoms with Crippen LogP contribution in [0.25, 0.3) is 0 Å². The van der Waals surface area contributed by atoms with Crippen molar-refractivity contribution in [3.05, 3.63) is 23.9 Å². The second-order valence-electron chi connectivity index (χ2n) is 6.04. The SMILES string of the molecule is O=C(N[C@@H]1CCCC[C@H]1O)c1cccnc1OCC1CC1. The minimum atomic E-state index is -0.449. The minimum Gasteiger partial charge on any atom is -0.477 e. The highest BCUT2D eigenvalue weighted by Gasteiger charge is 2.27. The van der Waals surface area contributed by atoms with E-state index in [1.807, 2.05) is 0 Å². The Hall–Kier alpha value is -1.62. The lowest BCUT2D eigenvalue weighted by molar-refractivity contribution is 0.0713. The van der Waals surface area contributed by atoms with Crippen molar-refractivity contribution >= 4 is 5.91 Å². The molecule has 1 aromatic rings. The fourth-order valence-corrected chi connectivity index (χ4v) is 2.69. The van der Waals surface area contributed by atoms with Crippen LogP contribution in [-0.2, 0) is 0 Å². The first-order valence-corrected chi connectivity index (χ1v) is 7.81. The molecule has 2 aliphatic rings. The number of ether oxygens (including phenoxy) is 1. The number of aromatic nitrogens is 1. The summed E-state index contributed by atoms with van der Waals surface area (Å²) in [4.78, 5) is 16.6. The number of amides is 1. The Balaban J connectivity index is 1.65. The van der Waals surface area contributed by atoms with Crippen LogP contribution in [0.4, 0.5) is 0 Å². The van der Waals surface area contributed by atoms with Crippen LogP contribution in [-0.4, -0.2) is 34.8 Å². The first-order chi connectivity index (χ1) is 10.2. The number of hydrogen-bond donors (Lipinski definition) is 2. The zero-order valence-electron chi connectivity index (χ0n) is 12.1. The molecule has 0 unspecified atom stereocenters. The molecule has 114 valence electrons. The lowest BCUT2D eigenvalue weighted by atomic mass is 9.92. The monoisotopic (exact) mass is 290 g/mol. The van der Waals surface area contributed by atoms with Crippen LogP contribution < -0.4 is 10.1 Å². The van der Waals surface area contributed by atoms with Gasteiger partial charge in [0, 0.05) is 6.20 Å². The Morgan fingerprint density at radius 1 is 1.33 bits per heavy atom. The molecule has 2 fully saturated rings. The fourth-order valence-electron chi connectivity index (χ4n) is 2.69. The minimum absolute atomic E-state index is 0.164. The maximum Gasteiger partial charge on any atom is 0.257 e. The van der Waals surface area contributed by atoms with E-state index in [1.54, 1.807) is 18.3 Å². The van der Waals surface area contributed by atoms with Gasteiger partial charge in [-0.3, -0.25) is 4.79 Å². The van der Waals surface area contributed by atoms with Crippen LogP contribution in [0.1, 0.15) is 48.9 Å². The van der Waals surface area contributed by atoms with E-state index < -0.39 is 6.10 Å². The van der Waals surface area contributed by atoms with Crippen molar-refractivity contribution in [3.8, 4) is 5.88 Å². The summed E-state index contributed by atoms with van der Waals surface area (Å²) in [6.07, 6.45) is 7.22. The molecule has 1 amide bonds. The van der Waals surface area contributed by atoms with Crippen LogP contribution in [0.5, 0.6) is 5.88 Å². The van der Waals surface area contributed by atoms with Gasteiger partial charge < -0.3 is 15.2 Å². The van der Waals surface area contributed by atoms with Crippen molar-refractivity contribution in [2.45, 2.75) is 50.7 Å². The summed E-state index contributed by atoms with van der Waals surface area (Å²) in [5, 5.41) is 12.9. The fraction of sp³-hybridized carbons (Fsp3) is 0.625. The van der Waals surface area contributed by atoms with Crippen LogP contribution in [0.3, 0.4) is 0 Å². The van der Waals surface area contributed by atoms with Crippen molar-refractivity contribution in [2.75, 3.05) is 6.61 Å². The van der Waals surface area contributed by atoms with Crippen LogP contribution in [0.15, 0.2) is 18.3 Å². The van der Waals surface area contributed by atoms with E-state index in [-0.39, 0.29) is 11.9 Å². The number of hydrogen-bond acceptors (Lipinski definition) is 4. The number of pyridine rings is 1. The normalized spacial score (nSPS) is 25.4. The van der Waals surface area contributed by atoms with Gasteiger partial charge in [0.25, 0.3) is 5.91 Å². The average molecular weight is 290 g/mol. The third-order valence-corrected chi connectivity index (χ3v) is 4.21. The number of rotatable bonds is 5. The van der Waals surface area contributed by atoms with E-state index in [2.05, 4.69) is 10.3 Å². The maximum absolute atomic E-state index is 12.4. The topological polar surface area (TPSA) is 71.5 Å². The summed E-state index contributed by atoms with van der Waals surface area (Å²) in [6, 6.07) is 3.29. The highest BCUT2D eigenvalue weighted by molar-refractivity contribution is 5.96. The van der Waals surface area contributed by atoms with E-state index >= 15 is 0 Å². The predicted octanol–water partition coefficient (Wildman–Crippen LogP) is 1.90. The van der Waals surface area contributed by atoms with E-state index in [1.165, 1.54) is 12.8 Å². The molecular weight excluding hydrogens is 268 g/mol. The first kappa shape index (κ1) is 14.3. The number of aliphatic hydroxyl groups is 1. The van der Waals surface area contributed by atoms with Gasteiger partial charge in [-0.1, -0.05) is 12.8 Å². The van der Waals surface area contributed by atoms with Gasteiger partial charge in [-0.05, 0) is 43.7 Å². The molecule has 2 atom stereocenters. The molecule has 0 aromatic carbocycles. The van der Waals surface area contributed by atoms with Crippen LogP contribution in [0, 0.1) is 5.92 Å². The van der Waals surface area contributed by atoms with Crippen LogP contribution >= 0.6 is 0 Å². The molecule has 0 spiro atoms. The van der Waals surface area contributed by atoms with Gasteiger partial charge in [-0.15, -0.1) is 0 Å². The summed E-state index contributed by atoms with van der Waals surface area (Å²) < 4.78 is 5.66. The zero-order valence-corrected chi connectivity index (χ0v) is 12.1. The summed E-state index contributed by atoms with van der Waals surface area (Å²) in [7, 11) is 0. The molecule has 2 N–H and O–H groups in total. The quantitative estimate of drug-likeness (QED) is 0.869. The lowest BCUT2D eigenvalue weighted by Gasteiger charge is -2.28. The molecule has 1 aromatic heterocycles. The third-order valence-electron chi connectivity index (χ3n) is 4.21. The van der Waals surface area contributed by atoms with E-state index in [4.69, 9.17) is 4.74 Å². The Kier molecular flexibility index (Phi) is 4.39. The summed E-state index contributed by atoms with van der Waals surface area (Å²) in [6.45, 7) is 0.628. The molecule has 0 saturated heterocycles. The number of nitrogens with one attached hydrogen (secondary N) is 1. The van der Waals surface area contributed by atoms with Gasteiger partial charge in [0.15, 0.2) is 0 Å². The first-order valence-electron chi connectivity index (χ1n) is 7.81. The van der Waals surface area contributed by atoms with Crippen molar-refractivity contribution in [3.63, 3.8) is 0 Å². The van der Waals surface area contributed by atoms with Crippen molar-refractivity contribution in [2.24, 2.45) is 5.92 Å². The van der Waals surface area contributed by atoms with Crippen molar-refractivity contribution < 1.29 is 14.6 Å². The Morgan fingerprint density at radius 2 is 2.14 bits per heavy atom. The number of carbonyl (C=O) groups excluding carboxylic acids is 1. The molecule has 0 bridgehead atoms. The maximum atomic E-state index is 12.4. The smallest absolute Gasteiger partial charge is 0.257 e. The Bertz CT molecular complexity index is 502. The third kappa shape index (κ3) is 3.73. The molecule has 21 heavy (non-hydrogen) atoms. The molecule has 2 saturated carbocycles. The Labute approximate surface area is 124 Å². The van der Waals surface area contributed by atoms with E-state index in [9.17, 15) is 9.90 Å². The average Bonchev–Trinajstić information content (AvgIpc) is 3.32. The van der Waals surface area contributed by atoms with Crippen molar-refractivity contribution in [1.82, 2.24) is 10.3 Å². The highest BCUT2D eigenvalue weighted by Crippen LogP contribution is 2.29. The van der Waals surface area contributed by atoms with Gasteiger partial charge in [0.05, 0.1) is 18.8 Å². The molecular formula is C16H22N2O3. The van der Waals surface area contributed by atoms with Crippen LogP contribution in [0.2, 0.25) is 0 Å². The second-order valence-corrected chi connectivity index (χ2v) is 6.04. The molecule has 0 radical (unpaired) electrons. The molecule has 3 rings (SSSR count). The van der Waals surface area contributed by atoms with Crippen molar-refractivity contribution in [1.29, 1.82) is 0 Å². The molecule has 5 heteroatoms. The molecule has 1 heterocycles. The zero-order chi connectivity index (χ0) is 14.7. The number of nitrogens with zero attached hydrogens (tertiary/aromatic N) is 1. The summed E-state index contributed by atoms with van der Waals surface area (Å²) >= 11 is 0. The summed E-state index contributed by atoms with van der Waals surface area (Å²) in [5.41, 5.74) is 0.455. The number of aliphatic hydroxyl groups excluding tert-OH is 1.